The summed E-state index contributed by atoms with van der Waals surface area (Å²) in [6, 6.07) is 13.4. The van der Waals surface area contributed by atoms with Crippen molar-refractivity contribution in [2.24, 2.45) is 0 Å². The highest BCUT2D eigenvalue weighted by atomic mass is 79.9. The molecule has 0 aliphatic rings. The van der Waals surface area contributed by atoms with Gasteiger partial charge in [-0.25, -0.2) is 12.8 Å². The van der Waals surface area contributed by atoms with Gasteiger partial charge in [0.15, 0.2) is 0 Å². The zero-order valence-corrected chi connectivity index (χ0v) is 18.6. The monoisotopic (exact) mass is 488 g/mol. The van der Waals surface area contributed by atoms with Crippen molar-refractivity contribution in [3.8, 4) is 0 Å². The third-order valence-corrected chi connectivity index (χ3v) is 6.51. The number of nitrogens with zero attached hydrogens (tertiary/aromatic N) is 1. The molecule has 1 amide bonds. The average molecular weight is 489 g/mol. The van der Waals surface area contributed by atoms with Crippen LogP contribution in [0.5, 0.6) is 0 Å². The first-order valence-electron chi connectivity index (χ1n) is 8.58. The molecule has 2 aromatic carbocycles. The number of thioether (sulfide) groups is 1. The van der Waals surface area contributed by atoms with E-state index in [-0.39, 0.29) is 18.3 Å². The molecule has 0 heterocycles. The van der Waals surface area contributed by atoms with Crippen LogP contribution in [0.1, 0.15) is 12.0 Å². The second kappa shape index (κ2) is 10.8. The molecule has 0 spiro atoms. The minimum absolute atomic E-state index is 0.211. The van der Waals surface area contributed by atoms with Gasteiger partial charge in [0, 0.05) is 16.8 Å². The van der Waals surface area contributed by atoms with Crippen molar-refractivity contribution in [3.63, 3.8) is 0 Å². The van der Waals surface area contributed by atoms with Crippen LogP contribution in [-0.4, -0.2) is 39.4 Å². The van der Waals surface area contributed by atoms with Crippen molar-refractivity contribution in [3.05, 3.63) is 64.4 Å². The predicted molar refractivity (Wildman–Crippen MR) is 117 cm³/mol. The van der Waals surface area contributed by atoms with Gasteiger partial charge in [0.05, 0.1) is 11.9 Å². The zero-order chi connectivity index (χ0) is 20.6. The summed E-state index contributed by atoms with van der Waals surface area (Å²) >= 11 is 4.89. The van der Waals surface area contributed by atoms with Gasteiger partial charge in [0.1, 0.15) is 12.4 Å². The fourth-order valence-corrected chi connectivity index (χ4v) is 4.60. The third kappa shape index (κ3) is 7.44. The summed E-state index contributed by atoms with van der Waals surface area (Å²) in [4.78, 5) is 12.2. The van der Waals surface area contributed by atoms with E-state index in [1.165, 1.54) is 6.07 Å². The van der Waals surface area contributed by atoms with E-state index in [0.717, 1.165) is 20.8 Å². The highest BCUT2D eigenvalue weighted by Gasteiger charge is 2.20. The number of nitrogens with one attached hydrogen (secondary N) is 1. The molecule has 0 fully saturated rings. The van der Waals surface area contributed by atoms with Crippen LogP contribution in [0.2, 0.25) is 0 Å². The second-order valence-corrected chi connectivity index (χ2v) is 10.0. The van der Waals surface area contributed by atoms with Crippen LogP contribution in [0.25, 0.3) is 0 Å². The van der Waals surface area contributed by atoms with Crippen molar-refractivity contribution < 1.29 is 17.6 Å². The maximum Gasteiger partial charge on any atom is 0.240 e. The van der Waals surface area contributed by atoms with E-state index in [1.807, 2.05) is 0 Å². The molecule has 0 bridgehead atoms. The first kappa shape index (κ1) is 22.7. The summed E-state index contributed by atoms with van der Waals surface area (Å²) in [5, 5.41) is 2.74. The molecule has 5 nitrogen and oxygen atoms in total. The molecule has 0 saturated carbocycles. The summed E-state index contributed by atoms with van der Waals surface area (Å²) in [6.45, 7) is 0.150. The first-order valence-corrected chi connectivity index (χ1v) is 12.4. The lowest BCUT2D eigenvalue weighted by atomic mass is 10.2. The molecule has 0 atom stereocenters. The Balaban J connectivity index is 1.76. The number of anilines is 1. The summed E-state index contributed by atoms with van der Waals surface area (Å²) in [5.41, 5.74) is 1.09. The van der Waals surface area contributed by atoms with E-state index in [9.17, 15) is 17.6 Å². The normalized spacial score (nSPS) is 11.2. The lowest BCUT2D eigenvalue weighted by molar-refractivity contribution is -0.119. The van der Waals surface area contributed by atoms with E-state index >= 15 is 0 Å². The minimum atomic E-state index is -3.59. The molecular weight excluding hydrogens is 467 g/mol. The van der Waals surface area contributed by atoms with Crippen LogP contribution >= 0.6 is 27.7 Å². The van der Waals surface area contributed by atoms with Crippen molar-refractivity contribution in [2.75, 3.05) is 29.4 Å². The average Bonchev–Trinajstić information content (AvgIpc) is 2.63. The largest absolute Gasteiger partial charge is 0.354 e. The van der Waals surface area contributed by atoms with Crippen LogP contribution in [0, 0.1) is 5.82 Å². The maximum atomic E-state index is 13.5. The number of hydrogen-bond acceptors (Lipinski definition) is 4. The molecule has 0 saturated heterocycles. The van der Waals surface area contributed by atoms with E-state index in [0.29, 0.717) is 30.0 Å². The molecule has 0 unspecified atom stereocenters. The first-order chi connectivity index (χ1) is 13.3. The van der Waals surface area contributed by atoms with E-state index in [2.05, 4.69) is 21.2 Å². The van der Waals surface area contributed by atoms with E-state index in [1.54, 1.807) is 54.2 Å². The van der Waals surface area contributed by atoms with Gasteiger partial charge >= 0.3 is 0 Å². The Morgan fingerprint density at radius 3 is 2.64 bits per heavy atom. The number of amides is 1. The molecule has 2 rings (SSSR count). The Morgan fingerprint density at radius 1 is 1.21 bits per heavy atom. The van der Waals surface area contributed by atoms with Crippen LogP contribution in [0.4, 0.5) is 10.1 Å². The highest BCUT2D eigenvalue weighted by Crippen LogP contribution is 2.22. The molecular formula is C19H22BrFN2O3S2. The number of benzene rings is 2. The highest BCUT2D eigenvalue weighted by molar-refractivity contribution is 9.10. The fourth-order valence-electron chi connectivity index (χ4n) is 2.42. The molecule has 0 aliphatic carbocycles. The van der Waals surface area contributed by atoms with Crippen LogP contribution in [0.3, 0.4) is 0 Å². The Bertz CT molecular complexity index is 910. The van der Waals surface area contributed by atoms with E-state index < -0.39 is 10.0 Å². The van der Waals surface area contributed by atoms with Crippen molar-refractivity contribution >= 4 is 49.3 Å². The summed E-state index contributed by atoms with van der Waals surface area (Å²) < 4.78 is 39.4. The summed E-state index contributed by atoms with van der Waals surface area (Å²) in [7, 11) is -3.59. The molecule has 2 aromatic rings. The maximum absolute atomic E-state index is 13.5. The number of rotatable bonds is 10. The molecule has 0 aliphatic heterocycles. The topological polar surface area (TPSA) is 66.5 Å². The van der Waals surface area contributed by atoms with Gasteiger partial charge in [0.25, 0.3) is 0 Å². The summed E-state index contributed by atoms with van der Waals surface area (Å²) in [6.07, 6.45) is 1.78. The quantitative estimate of drug-likeness (QED) is 0.516. The van der Waals surface area contributed by atoms with Gasteiger partial charge in [-0.05, 0) is 42.0 Å². The lowest BCUT2D eigenvalue weighted by Crippen LogP contribution is -2.40. The lowest BCUT2D eigenvalue weighted by Gasteiger charge is -2.22. The smallest absolute Gasteiger partial charge is 0.240 e. The van der Waals surface area contributed by atoms with Crippen LogP contribution in [-0.2, 0) is 20.6 Å². The van der Waals surface area contributed by atoms with Gasteiger partial charge < -0.3 is 5.32 Å². The number of halogens is 2. The number of carbonyl (C=O) groups is 1. The van der Waals surface area contributed by atoms with Crippen molar-refractivity contribution in [2.45, 2.75) is 12.2 Å². The molecule has 0 radical (unpaired) electrons. The number of hydrogen-bond donors (Lipinski definition) is 1. The summed E-state index contributed by atoms with van der Waals surface area (Å²) in [5.74, 6) is 0.753. The number of carbonyl (C=O) groups excluding carboxylic acids is 1. The Labute approximate surface area is 177 Å². The second-order valence-electron chi connectivity index (χ2n) is 6.10. The predicted octanol–water partition coefficient (Wildman–Crippen LogP) is 3.79. The van der Waals surface area contributed by atoms with Crippen molar-refractivity contribution in [1.29, 1.82) is 0 Å². The van der Waals surface area contributed by atoms with Gasteiger partial charge in [-0.3, -0.25) is 9.10 Å². The Kier molecular flexibility index (Phi) is 8.78. The van der Waals surface area contributed by atoms with Gasteiger partial charge in [-0.2, -0.15) is 11.8 Å². The molecule has 1 N–H and O–H groups in total. The SMILES string of the molecule is CS(=O)(=O)N(CC(=O)NCCCSCc1ccccc1F)c1cccc(Br)c1. The molecule has 28 heavy (non-hydrogen) atoms. The van der Waals surface area contributed by atoms with Crippen LogP contribution < -0.4 is 9.62 Å². The van der Waals surface area contributed by atoms with E-state index in [4.69, 9.17) is 0 Å². The third-order valence-electron chi connectivity index (χ3n) is 3.79. The number of sulfonamides is 1. The Hall–Kier alpha value is -1.58. The zero-order valence-electron chi connectivity index (χ0n) is 15.4. The minimum Gasteiger partial charge on any atom is -0.354 e. The van der Waals surface area contributed by atoms with Gasteiger partial charge in [-0.1, -0.05) is 40.2 Å². The molecule has 0 aromatic heterocycles. The molecule has 152 valence electrons. The van der Waals surface area contributed by atoms with Gasteiger partial charge in [0.2, 0.25) is 15.9 Å². The van der Waals surface area contributed by atoms with Crippen molar-refractivity contribution in [1.82, 2.24) is 5.32 Å². The van der Waals surface area contributed by atoms with Crippen LogP contribution in [0.15, 0.2) is 53.0 Å². The fraction of sp³-hybridized carbons (Fsp3) is 0.316. The Morgan fingerprint density at radius 2 is 1.96 bits per heavy atom. The standard InChI is InChI=1S/C19H22BrFN2O3S2/c1-28(25,26)23(17-8-4-7-16(20)12-17)13-19(24)22-10-5-11-27-14-15-6-2-3-9-18(15)21/h2-4,6-9,12H,5,10-11,13-14H2,1H3,(H,22,24). The molecule has 9 heteroatoms. The van der Waals surface area contributed by atoms with Gasteiger partial charge in [-0.15, -0.1) is 0 Å².